The average molecular weight is 727 g/mol. The number of esters is 1. The summed E-state index contributed by atoms with van der Waals surface area (Å²) in [6.07, 6.45) is 6.24. The zero-order valence-electron chi connectivity index (χ0n) is 27.1. The van der Waals surface area contributed by atoms with E-state index in [1.807, 2.05) is 71.3 Å². The van der Waals surface area contributed by atoms with Crippen molar-refractivity contribution in [2.45, 2.75) is 30.5 Å². The van der Waals surface area contributed by atoms with Gasteiger partial charge in [0.25, 0.3) is 11.8 Å². The lowest BCUT2D eigenvalue weighted by Crippen LogP contribution is -2.71. The summed E-state index contributed by atoms with van der Waals surface area (Å²) < 4.78 is 12.1. The van der Waals surface area contributed by atoms with Gasteiger partial charge in [0.05, 0.1) is 6.42 Å². The number of nitrogen functional groups attached to an aromatic ring is 1. The van der Waals surface area contributed by atoms with Gasteiger partial charge < -0.3 is 25.7 Å². The van der Waals surface area contributed by atoms with Crippen molar-refractivity contribution >= 4 is 57.9 Å². The third-order valence-corrected chi connectivity index (χ3v) is 9.71. The largest absolute Gasteiger partial charge is 0.481 e. The molecule has 4 heterocycles. The fourth-order valence-corrected chi connectivity index (χ4v) is 7.36. The Morgan fingerprint density at radius 3 is 2.45 bits per heavy atom. The maximum absolute atomic E-state index is 14.3. The lowest BCUT2D eigenvalue weighted by atomic mass is 10.0. The van der Waals surface area contributed by atoms with Crippen LogP contribution in [0.5, 0.6) is 0 Å². The van der Waals surface area contributed by atoms with Gasteiger partial charge in [-0.2, -0.15) is 9.36 Å². The number of hydrogen-bond donors (Lipinski definition) is 3. The number of ether oxygens (including phenoxy) is 1. The molecule has 16 heteroatoms. The molecule has 1 unspecified atom stereocenters. The van der Waals surface area contributed by atoms with Crippen LogP contribution in [0.2, 0.25) is 0 Å². The molecular weight excluding hydrogens is 695 g/mol. The number of carbonyl (C=O) groups is 4. The Morgan fingerprint density at radius 2 is 1.82 bits per heavy atom. The number of nitrogens with one attached hydrogen (secondary N) is 1. The summed E-state index contributed by atoms with van der Waals surface area (Å²) in [7, 11) is 1.26. The molecule has 2 aromatic heterocycles. The number of allylic oxidation sites excluding steroid dienone is 2. The second-order valence-corrected chi connectivity index (χ2v) is 13.2. The highest BCUT2D eigenvalue weighted by molar-refractivity contribution is 8.00. The predicted molar refractivity (Wildman–Crippen MR) is 188 cm³/mol. The molecule has 1 saturated heterocycles. The molecule has 2 amide bonds. The van der Waals surface area contributed by atoms with Crippen LogP contribution in [0.25, 0.3) is 0 Å². The summed E-state index contributed by atoms with van der Waals surface area (Å²) in [5.41, 5.74) is 8.18. The number of benzene rings is 2. The molecule has 4 N–H and O–H groups in total. The molecule has 0 aliphatic carbocycles. The number of rotatable bonds is 13. The number of thioether (sulfide) groups is 1. The number of anilines is 1. The highest BCUT2D eigenvalue weighted by Gasteiger charge is 2.55. The van der Waals surface area contributed by atoms with E-state index in [9.17, 15) is 24.3 Å². The number of nitrogens with zero attached hydrogens (tertiary/aromatic N) is 5. The van der Waals surface area contributed by atoms with Crippen molar-refractivity contribution in [3.8, 4) is 0 Å². The van der Waals surface area contributed by atoms with Crippen LogP contribution in [0.4, 0.5) is 5.13 Å². The Labute approximate surface area is 300 Å². The van der Waals surface area contributed by atoms with E-state index in [1.54, 1.807) is 30.6 Å². The number of carboxylic acids is 1. The van der Waals surface area contributed by atoms with Crippen LogP contribution < -0.4 is 15.6 Å². The van der Waals surface area contributed by atoms with E-state index in [-0.39, 0.29) is 28.8 Å². The maximum Gasteiger partial charge on any atom is 0.356 e. The van der Waals surface area contributed by atoms with Crippen LogP contribution in [0, 0.1) is 0 Å². The number of β-lactam (4-membered cyclic amide) rings is 1. The topological polar surface area (TPSA) is 190 Å². The van der Waals surface area contributed by atoms with Gasteiger partial charge in [0, 0.05) is 28.9 Å². The predicted octanol–water partition coefficient (Wildman–Crippen LogP) is 2.63. The van der Waals surface area contributed by atoms with E-state index < -0.39 is 41.3 Å². The first-order valence-electron chi connectivity index (χ1n) is 15.6. The number of hydrogen-bond acceptors (Lipinski definition) is 12. The fourth-order valence-electron chi connectivity index (χ4n) is 5.61. The molecule has 2 aliphatic heterocycles. The minimum atomic E-state index is -1.000. The van der Waals surface area contributed by atoms with Gasteiger partial charge in [-0.3, -0.25) is 19.3 Å². The number of aliphatic carboxylic acids is 1. The van der Waals surface area contributed by atoms with Crippen LogP contribution >= 0.6 is 23.3 Å². The molecule has 4 aromatic rings. The molecular formula is C35H32N7O7S2+. The van der Waals surface area contributed by atoms with Crippen molar-refractivity contribution in [2.24, 2.45) is 5.16 Å². The van der Waals surface area contributed by atoms with E-state index in [0.717, 1.165) is 22.7 Å². The van der Waals surface area contributed by atoms with E-state index in [1.165, 1.54) is 23.8 Å². The first-order chi connectivity index (χ1) is 24.7. The Hall–Kier alpha value is -5.87. The smallest absolute Gasteiger partial charge is 0.356 e. The van der Waals surface area contributed by atoms with Crippen LogP contribution in [0.3, 0.4) is 0 Å². The SMILES string of the molecule is CO/N=C(\C(=O)NC1C(=O)N2C(C(=O)OC(c3ccccc3)c3ccccc3)=C(/C=C\C[n+]3cccc(CC(=O)O)c3)CS[C@H]12)c1nsc(N)n1. The van der Waals surface area contributed by atoms with E-state index >= 15 is 0 Å². The molecule has 51 heavy (non-hydrogen) atoms. The van der Waals surface area contributed by atoms with Crippen molar-refractivity contribution in [2.75, 3.05) is 18.6 Å². The van der Waals surface area contributed by atoms with Crippen molar-refractivity contribution < 1.29 is 38.4 Å². The van der Waals surface area contributed by atoms with Gasteiger partial charge in [-0.1, -0.05) is 71.9 Å². The number of fused-ring (bicyclic) bond motifs is 1. The summed E-state index contributed by atoms with van der Waals surface area (Å²) in [6.45, 7) is 0.368. The second kappa shape index (κ2) is 15.8. The van der Waals surface area contributed by atoms with Gasteiger partial charge in [-0.15, -0.1) is 11.8 Å². The molecule has 0 bridgehead atoms. The lowest BCUT2D eigenvalue weighted by molar-refractivity contribution is -0.687. The van der Waals surface area contributed by atoms with Crippen molar-refractivity contribution in [3.63, 3.8) is 0 Å². The van der Waals surface area contributed by atoms with E-state index in [0.29, 0.717) is 23.4 Å². The van der Waals surface area contributed by atoms with E-state index in [2.05, 4.69) is 19.8 Å². The summed E-state index contributed by atoms with van der Waals surface area (Å²) in [4.78, 5) is 62.8. The third kappa shape index (κ3) is 7.97. The first-order valence-corrected chi connectivity index (χ1v) is 17.4. The zero-order chi connectivity index (χ0) is 35.9. The van der Waals surface area contributed by atoms with Gasteiger partial charge in [0.2, 0.25) is 11.5 Å². The Kier molecular flexibility index (Phi) is 10.8. The van der Waals surface area contributed by atoms with Crippen molar-refractivity contribution in [1.82, 2.24) is 19.6 Å². The number of carbonyl (C=O) groups excluding carboxylic acids is 3. The summed E-state index contributed by atoms with van der Waals surface area (Å²) in [5, 5.41) is 15.1. The maximum atomic E-state index is 14.3. The molecule has 0 radical (unpaired) electrons. The minimum absolute atomic E-state index is 0.0485. The molecule has 2 aliphatic rings. The van der Waals surface area contributed by atoms with Crippen molar-refractivity contribution in [1.29, 1.82) is 0 Å². The Morgan fingerprint density at radius 1 is 1.12 bits per heavy atom. The highest BCUT2D eigenvalue weighted by atomic mass is 32.2. The third-order valence-electron chi connectivity index (χ3n) is 7.87. The summed E-state index contributed by atoms with van der Waals surface area (Å²) >= 11 is 2.25. The van der Waals surface area contributed by atoms with Crippen molar-refractivity contribution in [3.05, 3.63) is 131 Å². The molecule has 260 valence electrons. The molecule has 2 aromatic carbocycles. The van der Waals surface area contributed by atoms with Crippen LogP contribution in [-0.4, -0.2) is 73.1 Å². The Balaban J connectivity index is 1.29. The van der Waals surface area contributed by atoms with Gasteiger partial charge in [0.15, 0.2) is 30.2 Å². The quantitative estimate of drug-likeness (QED) is 0.0604. The monoisotopic (exact) mass is 726 g/mol. The minimum Gasteiger partial charge on any atom is -0.481 e. The summed E-state index contributed by atoms with van der Waals surface area (Å²) in [5.74, 6) is -2.65. The molecule has 14 nitrogen and oxygen atoms in total. The molecule has 2 atom stereocenters. The number of amides is 2. The van der Waals surface area contributed by atoms with Gasteiger partial charge in [-0.05, 0) is 28.8 Å². The zero-order valence-corrected chi connectivity index (χ0v) is 28.8. The standard InChI is InChI=1S/C35H31N7O7S2/c1-48-39-26(30-38-35(36)51-40-30)31(45)37-27-32(46)42-28(34(47)49-29(22-11-4-2-5-12-22)23-13-6-3-7-14-23)24(20-50-33(27)42)15-9-17-41-16-8-10-21(19-41)18-25(43)44/h2-16,19,27,29,33H,17-18,20H2,1H3,(H3-,36,37,38,40,43,44,45)/p+1/b15-9-,39-26-/t27?,33-/m1/s1. The van der Waals surface area contributed by atoms with Gasteiger partial charge in [-0.25, -0.2) is 9.36 Å². The number of aromatic nitrogens is 3. The lowest BCUT2D eigenvalue weighted by Gasteiger charge is -2.49. The molecule has 0 spiro atoms. The van der Waals surface area contributed by atoms with Gasteiger partial charge in [0.1, 0.15) is 24.2 Å². The molecule has 6 rings (SSSR count). The highest BCUT2D eigenvalue weighted by Crippen LogP contribution is 2.42. The fraction of sp³-hybridized carbons (Fsp3) is 0.200. The molecule has 0 saturated carbocycles. The van der Waals surface area contributed by atoms with Crippen LogP contribution in [-0.2, 0) is 41.7 Å². The normalized spacial score (nSPS) is 17.3. The van der Waals surface area contributed by atoms with Gasteiger partial charge >= 0.3 is 11.9 Å². The molecule has 1 fully saturated rings. The number of oxime groups is 1. The van der Waals surface area contributed by atoms with E-state index in [4.69, 9.17) is 15.3 Å². The number of carboxylic acid groups (broad SMARTS) is 1. The Bertz CT molecular complexity index is 2000. The van der Waals surface area contributed by atoms with Crippen LogP contribution in [0.1, 0.15) is 28.6 Å². The average Bonchev–Trinajstić information content (AvgIpc) is 3.57. The summed E-state index contributed by atoms with van der Waals surface area (Å²) in [6, 6.07) is 21.1. The number of pyridine rings is 1. The first kappa shape index (κ1) is 35.0. The second-order valence-electron chi connectivity index (χ2n) is 11.3. The van der Waals surface area contributed by atoms with Crippen LogP contribution in [0.15, 0.2) is 114 Å². The number of nitrogens with two attached hydrogens (primary N) is 1.